The van der Waals surface area contributed by atoms with Crippen LogP contribution in [0.5, 0.6) is 11.5 Å². The zero-order valence-electron chi connectivity index (χ0n) is 11.4. The molecular formula is C14H15BrClNO2S. The van der Waals surface area contributed by atoms with Gasteiger partial charge >= 0.3 is 0 Å². The smallest absolute Gasteiger partial charge is 0.162 e. The van der Waals surface area contributed by atoms with E-state index in [1.165, 1.54) is 0 Å². The molecule has 0 aliphatic carbocycles. The fourth-order valence-electron chi connectivity index (χ4n) is 1.83. The van der Waals surface area contributed by atoms with Gasteiger partial charge in [-0.2, -0.15) is 0 Å². The Hall–Kier alpha value is -0.910. The summed E-state index contributed by atoms with van der Waals surface area (Å²) in [6, 6.07) is 5.92. The van der Waals surface area contributed by atoms with Gasteiger partial charge in [-0.25, -0.2) is 0 Å². The molecule has 2 aromatic rings. The maximum atomic E-state index is 6.04. The second-order valence-corrected chi connectivity index (χ2v) is 6.80. The van der Waals surface area contributed by atoms with Crippen LogP contribution >= 0.6 is 38.9 Å². The summed E-state index contributed by atoms with van der Waals surface area (Å²) < 4.78 is 12.3. The van der Waals surface area contributed by atoms with Gasteiger partial charge in [-0.05, 0) is 40.5 Å². The molecule has 0 unspecified atom stereocenters. The molecule has 0 aliphatic rings. The zero-order chi connectivity index (χ0) is 14.7. The average molecular weight is 377 g/mol. The Kier molecular flexibility index (Phi) is 5.18. The maximum absolute atomic E-state index is 6.04. The average Bonchev–Trinajstić information content (AvgIpc) is 2.76. The molecule has 6 heteroatoms. The van der Waals surface area contributed by atoms with Crippen LogP contribution in [0.25, 0.3) is 0 Å². The molecule has 0 atom stereocenters. The third-order valence-corrected chi connectivity index (χ3v) is 5.35. The van der Waals surface area contributed by atoms with Crippen molar-refractivity contribution in [2.24, 2.45) is 0 Å². The summed E-state index contributed by atoms with van der Waals surface area (Å²) in [5, 5.41) is 3.39. The molecule has 1 heterocycles. The quantitative estimate of drug-likeness (QED) is 0.787. The van der Waals surface area contributed by atoms with E-state index in [2.05, 4.69) is 21.2 Å². The first-order valence-electron chi connectivity index (χ1n) is 5.95. The summed E-state index contributed by atoms with van der Waals surface area (Å²) in [6.45, 7) is 2.74. The number of nitrogens with one attached hydrogen (secondary N) is 1. The summed E-state index contributed by atoms with van der Waals surface area (Å²) in [7, 11) is 3.27. The zero-order valence-corrected chi connectivity index (χ0v) is 14.6. The van der Waals surface area contributed by atoms with Crippen molar-refractivity contribution in [3.63, 3.8) is 0 Å². The van der Waals surface area contributed by atoms with Gasteiger partial charge in [-0.1, -0.05) is 11.6 Å². The van der Waals surface area contributed by atoms with Gasteiger partial charge in [0.1, 0.15) is 4.34 Å². The van der Waals surface area contributed by atoms with Gasteiger partial charge in [0.05, 0.1) is 14.2 Å². The summed E-state index contributed by atoms with van der Waals surface area (Å²) in [6.07, 6.45) is 0. The number of rotatable bonds is 5. The predicted octanol–water partition coefficient (Wildman–Crippen LogP) is 5.10. The number of methoxy groups -OCH3 is 2. The topological polar surface area (TPSA) is 30.5 Å². The van der Waals surface area contributed by atoms with Crippen LogP contribution in [0.2, 0.25) is 4.34 Å². The Morgan fingerprint density at radius 3 is 2.40 bits per heavy atom. The van der Waals surface area contributed by atoms with Crippen molar-refractivity contribution >= 4 is 44.6 Å². The number of benzene rings is 1. The minimum absolute atomic E-state index is 0.714. The Labute approximate surface area is 136 Å². The van der Waals surface area contributed by atoms with Crippen LogP contribution < -0.4 is 14.8 Å². The normalized spacial score (nSPS) is 10.4. The van der Waals surface area contributed by atoms with Crippen molar-refractivity contribution in [1.82, 2.24) is 0 Å². The van der Waals surface area contributed by atoms with Crippen LogP contribution in [0.1, 0.15) is 10.4 Å². The number of ether oxygens (including phenoxy) is 2. The van der Waals surface area contributed by atoms with Gasteiger partial charge in [0.2, 0.25) is 0 Å². The van der Waals surface area contributed by atoms with Gasteiger partial charge in [-0.3, -0.25) is 0 Å². The molecule has 108 valence electrons. The molecule has 0 saturated heterocycles. The monoisotopic (exact) mass is 375 g/mol. The lowest BCUT2D eigenvalue weighted by Gasteiger charge is -2.13. The van der Waals surface area contributed by atoms with E-state index in [-0.39, 0.29) is 0 Å². The molecule has 2 rings (SSSR count). The van der Waals surface area contributed by atoms with Crippen LogP contribution in [0.3, 0.4) is 0 Å². The molecule has 0 saturated carbocycles. The van der Waals surface area contributed by atoms with Crippen molar-refractivity contribution in [2.75, 3.05) is 19.5 Å². The molecular weight excluding hydrogens is 362 g/mol. The summed E-state index contributed by atoms with van der Waals surface area (Å²) in [4.78, 5) is 1.16. The SMILES string of the molecule is COc1cc(C)c(NCc2cc(Br)c(Cl)s2)cc1OC. The highest BCUT2D eigenvalue weighted by Gasteiger charge is 2.09. The van der Waals surface area contributed by atoms with E-state index >= 15 is 0 Å². The lowest BCUT2D eigenvalue weighted by molar-refractivity contribution is 0.355. The molecule has 3 nitrogen and oxygen atoms in total. The molecule has 0 bridgehead atoms. The highest BCUT2D eigenvalue weighted by atomic mass is 79.9. The second kappa shape index (κ2) is 6.70. The Bertz CT molecular complexity index is 596. The van der Waals surface area contributed by atoms with Crippen LogP contribution in [-0.2, 0) is 6.54 Å². The summed E-state index contributed by atoms with van der Waals surface area (Å²) in [5.41, 5.74) is 2.12. The molecule has 20 heavy (non-hydrogen) atoms. The largest absolute Gasteiger partial charge is 0.493 e. The van der Waals surface area contributed by atoms with Crippen molar-refractivity contribution in [3.05, 3.63) is 37.4 Å². The third kappa shape index (κ3) is 3.40. The molecule has 1 aromatic heterocycles. The first-order chi connectivity index (χ1) is 9.55. The Balaban J connectivity index is 2.16. The van der Waals surface area contributed by atoms with Crippen molar-refractivity contribution in [1.29, 1.82) is 0 Å². The van der Waals surface area contributed by atoms with Crippen molar-refractivity contribution in [2.45, 2.75) is 13.5 Å². The minimum Gasteiger partial charge on any atom is -0.493 e. The lowest BCUT2D eigenvalue weighted by atomic mass is 10.1. The van der Waals surface area contributed by atoms with Crippen molar-refractivity contribution in [3.8, 4) is 11.5 Å². The van der Waals surface area contributed by atoms with E-state index in [4.69, 9.17) is 21.1 Å². The number of hydrogen-bond donors (Lipinski definition) is 1. The van der Waals surface area contributed by atoms with Gasteiger partial charge in [0, 0.05) is 27.6 Å². The standard InChI is InChI=1S/C14H15BrClNO2S/c1-8-4-12(18-2)13(19-3)6-11(8)17-7-9-5-10(15)14(16)20-9/h4-6,17H,7H2,1-3H3. The first-order valence-corrected chi connectivity index (χ1v) is 7.94. The van der Waals surface area contributed by atoms with Crippen LogP contribution in [0.4, 0.5) is 5.69 Å². The van der Waals surface area contributed by atoms with E-state index in [0.29, 0.717) is 12.3 Å². The Morgan fingerprint density at radius 2 is 1.85 bits per heavy atom. The fraction of sp³-hybridized carbons (Fsp3) is 0.286. The lowest BCUT2D eigenvalue weighted by Crippen LogP contribution is -2.01. The van der Waals surface area contributed by atoms with Gasteiger partial charge in [0.15, 0.2) is 11.5 Å². The molecule has 0 fully saturated rings. The van der Waals surface area contributed by atoms with E-state index in [1.807, 2.05) is 25.1 Å². The van der Waals surface area contributed by atoms with Gasteiger partial charge in [-0.15, -0.1) is 11.3 Å². The van der Waals surface area contributed by atoms with Gasteiger partial charge < -0.3 is 14.8 Å². The van der Waals surface area contributed by atoms with E-state index in [9.17, 15) is 0 Å². The molecule has 1 aromatic carbocycles. The first kappa shape index (κ1) is 15.5. The summed E-state index contributed by atoms with van der Waals surface area (Å²) >= 11 is 11.0. The van der Waals surface area contributed by atoms with Gasteiger partial charge in [0.25, 0.3) is 0 Å². The highest BCUT2D eigenvalue weighted by Crippen LogP contribution is 2.35. The maximum Gasteiger partial charge on any atom is 0.162 e. The number of thiophene rings is 1. The fourth-order valence-corrected chi connectivity index (χ4v) is 3.56. The van der Waals surface area contributed by atoms with Crippen LogP contribution in [0, 0.1) is 6.92 Å². The number of aryl methyl sites for hydroxylation is 1. The summed E-state index contributed by atoms with van der Waals surface area (Å²) in [5.74, 6) is 1.45. The molecule has 0 radical (unpaired) electrons. The second-order valence-electron chi connectivity index (χ2n) is 4.21. The molecule has 0 aliphatic heterocycles. The highest BCUT2D eigenvalue weighted by molar-refractivity contribution is 9.10. The van der Waals surface area contributed by atoms with E-state index in [0.717, 1.165) is 30.7 Å². The van der Waals surface area contributed by atoms with Crippen LogP contribution in [0.15, 0.2) is 22.7 Å². The predicted molar refractivity (Wildman–Crippen MR) is 88.6 cm³/mol. The third-order valence-electron chi connectivity index (χ3n) is 2.88. The molecule has 0 amide bonds. The van der Waals surface area contributed by atoms with Crippen LogP contribution in [-0.4, -0.2) is 14.2 Å². The number of hydrogen-bond acceptors (Lipinski definition) is 4. The number of anilines is 1. The molecule has 0 spiro atoms. The van der Waals surface area contributed by atoms with Crippen molar-refractivity contribution < 1.29 is 9.47 Å². The van der Waals surface area contributed by atoms with E-state index < -0.39 is 0 Å². The minimum atomic E-state index is 0.714. The number of halogens is 2. The molecule has 1 N–H and O–H groups in total. The Morgan fingerprint density at radius 1 is 1.20 bits per heavy atom. The van der Waals surface area contributed by atoms with E-state index in [1.54, 1.807) is 25.6 Å².